The van der Waals surface area contributed by atoms with Gasteiger partial charge in [0.25, 0.3) is 16.0 Å². The lowest BCUT2D eigenvalue weighted by Crippen LogP contribution is -2.67. The van der Waals surface area contributed by atoms with Gasteiger partial charge in [-0.25, -0.2) is 0 Å². The molecule has 9 N–H and O–H groups in total. The zero-order valence-electron chi connectivity index (χ0n) is 24.2. The van der Waals surface area contributed by atoms with Gasteiger partial charge in [-0.3, -0.25) is 33.9 Å². The highest BCUT2D eigenvalue weighted by molar-refractivity contribution is 7.85. The highest BCUT2D eigenvalue weighted by Gasteiger charge is 2.66. The van der Waals surface area contributed by atoms with Crippen LogP contribution < -0.4 is 10.6 Å². The first-order valence-corrected chi connectivity index (χ1v) is 15.0. The maximum absolute atomic E-state index is 14.0. The van der Waals surface area contributed by atoms with Crippen molar-refractivity contribution in [3.63, 3.8) is 0 Å². The van der Waals surface area contributed by atoms with Crippen LogP contribution in [0.4, 0.5) is 0 Å². The Morgan fingerprint density at radius 2 is 1.70 bits per heavy atom. The minimum Gasteiger partial charge on any atom is -0.508 e. The van der Waals surface area contributed by atoms with Gasteiger partial charge in [-0.05, 0) is 39.1 Å². The lowest BCUT2D eigenvalue weighted by molar-refractivity contribution is -0.159. The van der Waals surface area contributed by atoms with Crippen molar-refractivity contribution in [2.75, 3.05) is 33.6 Å². The van der Waals surface area contributed by atoms with Crippen LogP contribution in [0.2, 0.25) is 0 Å². The van der Waals surface area contributed by atoms with Crippen molar-refractivity contribution in [1.82, 2.24) is 15.5 Å². The van der Waals surface area contributed by atoms with Gasteiger partial charge >= 0.3 is 5.97 Å². The molecule has 17 heteroatoms. The Morgan fingerprint density at radius 3 is 2.25 bits per heavy atom. The fraction of sp³-hybridized carbons (Fsp3) is 0.481. The number of rotatable bonds is 7. The first kappa shape index (κ1) is 34.6. The number of nitrogens with zero attached hydrogens (tertiary/aromatic N) is 1. The van der Waals surface area contributed by atoms with Gasteiger partial charge in [-0.2, -0.15) is 8.42 Å². The standard InChI is InChI=1S/C26H31N3O10.CH4O3S/c1-25(38)11-5-4-6-14(30)16(11)20(33)17-12(25)9-13-19(29(2)3)21(34)18(23(36)26(13,39)22(17)35)24(37)28-10-27-8-7-15(31)32;1-5(2,3)4/h4-6,12-13,19,27,30,33,36,38-39H,7-10H2,1-3H3,(H,28,37)(H,31,32);1H3,(H,2,3,4). The lowest BCUT2D eigenvalue weighted by Gasteiger charge is -2.53. The molecular weight excluding hydrogens is 606 g/mol. The van der Waals surface area contributed by atoms with Gasteiger partial charge in [0.2, 0.25) is 5.78 Å². The Hall–Kier alpha value is -3.87. The average Bonchev–Trinajstić information content (AvgIpc) is 2.87. The van der Waals surface area contributed by atoms with Crippen molar-refractivity contribution >= 4 is 39.3 Å². The monoisotopic (exact) mass is 641 g/mol. The lowest BCUT2D eigenvalue weighted by atomic mass is 9.54. The molecular formula is C27H35N3O13S. The molecule has 0 aromatic heterocycles. The molecule has 1 amide bonds. The third-order valence-corrected chi connectivity index (χ3v) is 7.89. The van der Waals surface area contributed by atoms with E-state index in [9.17, 15) is 53.1 Å². The zero-order valence-corrected chi connectivity index (χ0v) is 25.0. The molecule has 1 aromatic carbocycles. The number of carbonyl (C=O) groups excluding carboxylic acids is 3. The van der Waals surface area contributed by atoms with E-state index in [2.05, 4.69) is 10.6 Å². The molecule has 1 fully saturated rings. The summed E-state index contributed by atoms with van der Waals surface area (Å²) in [6.07, 6.45) is 0.241. The minimum atomic E-state index is -3.67. The number of aromatic hydroxyl groups is 1. The third kappa shape index (κ3) is 6.19. The highest BCUT2D eigenvalue weighted by Crippen LogP contribution is 2.57. The SMILES string of the molecule is CN(C)C1C(=O)C(C(=O)NCNCCC(=O)O)=C(O)C2(O)C(=O)C3=C(O)c4c(O)cccc4C(C)(O)C3CC12.CS(=O)(=O)O. The number of amides is 1. The second-order valence-electron chi connectivity index (χ2n) is 11.2. The zero-order chi connectivity index (χ0) is 33.5. The van der Waals surface area contributed by atoms with Gasteiger partial charge in [0.1, 0.15) is 22.8 Å². The van der Waals surface area contributed by atoms with E-state index in [1.807, 2.05) is 0 Å². The quantitative estimate of drug-likeness (QED) is 0.0731. The minimum absolute atomic E-state index is 0.00246. The molecule has 0 saturated heterocycles. The number of aliphatic hydroxyl groups excluding tert-OH is 2. The molecule has 0 radical (unpaired) electrons. The van der Waals surface area contributed by atoms with Crippen LogP contribution in [0.1, 0.15) is 30.9 Å². The average molecular weight is 642 g/mol. The highest BCUT2D eigenvalue weighted by atomic mass is 32.2. The molecule has 3 aliphatic rings. The Morgan fingerprint density at radius 1 is 1.11 bits per heavy atom. The second kappa shape index (κ2) is 12.3. The van der Waals surface area contributed by atoms with Crippen molar-refractivity contribution in [2.45, 2.75) is 37.0 Å². The number of benzene rings is 1. The molecule has 4 rings (SSSR count). The normalized spacial score (nSPS) is 28.0. The Kier molecular flexibility index (Phi) is 9.64. The number of phenolic OH excluding ortho intramolecular Hbond substituents is 1. The number of carboxylic acid groups (broad SMARTS) is 1. The number of ketones is 2. The molecule has 1 saturated carbocycles. The molecule has 0 bridgehead atoms. The summed E-state index contributed by atoms with van der Waals surface area (Å²) in [4.78, 5) is 52.5. The van der Waals surface area contributed by atoms with Gasteiger partial charge in [-0.1, -0.05) is 12.1 Å². The number of carbonyl (C=O) groups is 4. The maximum Gasteiger partial charge on any atom is 0.304 e. The first-order valence-electron chi connectivity index (χ1n) is 13.2. The fourth-order valence-electron chi connectivity index (χ4n) is 6.00. The first-order chi connectivity index (χ1) is 20.2. The Balaban J connectivity index is 0.000000978. The van der Waals surface area contributed by atoms with E-state index in [1.165, 1.54) is 44.1 Å². The van der Waals surface area contributed by atoms with E-state index in [1.54, 1.807) is 0 Å². The van der Waals surface area contributed by atoms with Crippen LogP contribution in [0.5, 0.6) is 5.75 Å². The predicted octanol–water partition coefficient (Wildman–Crippen LogP) is -1.21. The third-order valence-electron chi connectivity index (χ3n) is 7.89. The molecule has 5 unspecified atom stereocenters. The molecule has 0 aliphatic heterocycles. The van der Waals surface area contributed by atoms with Crippen molar-refractivity contribution < 1.29 is 62.8 Å². The van der Waals surface area contributed by atoms with E-state index >= 15 is 0 Å². The van der Waals surface area contributed by atoms with Gasteiger partial charge in [0.05, 0.1) is 36.6 Å². The van der Waals surface area contributed by atoms with Crippen LogP contribution in [-0.2, 0) is 34.9 Å². The van der Waals surface area contributed by atoms with Crippen molar-refractivity contribution in [2.24, 2.45) is 11.8 Å². The van der Waals surface area contributed by atoms with Crippen LogP contribution in [0.3, 0.4) is 0 Å². The predicted molar refractivity (Wildman–Crippen MR) is 152 cm³/mol. The molecule has 0 heterocycles. The summed E-state index contributed by atoms with van der Waals surface area (Å²) in [5, 5.41) is 69.7. The Bertz CT molecular complexity index is 1560. The summed E-state index contributed by atoms with van der Waals surface area (Å²) < 4.78 is 25.9. The number of aliphatic hydroxyl groups is 4. The van der Waals surface area contributed by atoms with Crippen LogP contribution in [0.15, 0.2) is 35.1 Å². The maximum atomic E-state index is 14.0. The van der Waals surface area contributed by atoms with E-state index < -0.39 is 91.1 Å². The molecule has 242 valence electrons. The molecule has 0 spiro atoms. The number of Topliss-reactive ketones (excluding diaryl/α,β-unsaturated/α-hetero) is 2. The van der Waals surface area contributed by atoms with Gasteiger partial charge in [0.15, 0.2) is 11.4 Å². The van der Waals surface area contributed by atoms with Crippen molar-refractivity contribution in [1.29, 1.82) is 0 Å². The summed E-state index contributed by atoms with van der Waals surface area (Å²) in [5.41, 5.74) is -5.99. The number of hydrogen-bond donors (Lipinski definition) is 9. The van der Waals surface area contributed by atoms with Gasteiger partial charge < -0.3 is 36.0 Å². The molecule has 5 atom stereocenters. The van der Waals surface area contributed by atoms with E-state index in [4.69, 9.17) is 9.66 Å². The number of hydrogen-bond acceptors (Lipinski definition) is 13. The molecule has 16 nitrogen and oxygen atoms in total. The molecule has 44 heavy (non-hydrogen) atoms. The summed E-state index contributed by atoms with van der Waals surface area (Å²) in [7, 11) is -0.679. The number of nitrogens with one attached hydrogen (secondary N) is 2. The number of fused-ring (bicyclic) bond motifs is 3. The summed E-state index contributed by atoms with van der Waals surface area (Å²) >= 11 is 0. The van der Waals surface area contributed by atoms with Gasteiger partial charge in [-0.15, -0.1) is 0 Å². The summed E-state index contributed by atoms with van der Waals surface area (Å²) in [6, 6.07) is 2.92. The van der Waals surface area contributed by atoms with Crippen molar-refractivity contribution in [3.8, 4) is 5.75 Å². The molecule has 1 aromatic rings. The number of phenols is 1. The van der Waals surface area contributed by atoms with Gasteiger partial charge in [0, 0.05) is 24.0 Å². The van der Waals surface area contributed by atoms with Crippen LogP contribution in [0.25, 0.3) is 5.76 Å². The fourth-order valence-corrected chi connectivity index (χ4v) is 6.00. The summed E-state index contributed by atoms with van der Waals surface area (Å²) in [5.74, 6) is -8.98. The van der Waals surface area contributed by atoms with Crippen LogP contribution >= 0.6 is 0 Å². The number of carboxylic acids is 1. The smallest absolute Gasteiger partial charge is 0.304 e. The topological polar surface area (TPSA) is 271 Å². The van der Waals surface area contributed by atoms with E-state index in [0.29, 0.717) is 6.26 Å². The van der Waals surface area contributed by atoms with Crippen LogP contribution in [0, 0.1) is 11.8 Å². The summed E-state index contributed by atoms with van der Waals surface area (Å²) in [6.45, 7) is 1.12. The van der Waals surface area contributed by atoms with E-state index in [0.717, 1.165) is 0 Å². The number of likely N-dealkylation sites (N-methyl/N-ethyl adjacent to an activating group) is 1. The van der Waals surface area contributed by atoms with E-state index in [-0.39, 0.29) is 37.2 Å². The van der Waals surface area contributed by atoms with Crippen molar-refractivity contribution in [3.05, 3.63) is 46.2 Å². The number of aliphatic carboxylic acids is 1. The molecule has 3 aliphatic carbocycles. The second-order valence-corrected chi connectivity index (χ2v) is 12.6. The van der Waals surface area contributed by atoms with Crippen LogP contribution in [-0.4, -0.2) is 117 Å². The largest absolute Gasteiger partial charge is 0.508 e. The Labute approximate surface area is 252 Å².